The fourth-order valence-corrected chi connectivity index (χ4v) is 4.29. The first-order chi connectivity index (χ1) is 14.5. The van der Waals surface area contributed by atoms with E-state index in [-0.39, 0.29) is 29.8 Å². The van der Waals surface area contributed by atoms with Gasteiger partial charge in [-0.25, -0.2) is 10.9 Å². The molecule has 7 nitrogen and oxygen atoms in total. The van der Waals surface area contributed by atoms with E-state index in [1.807, 2.05) is 49.2 Å². The molecule has 4 rings (SSSR count). The summed E-state index contributed by atoms with van der Waals surface area (Å²) >= 11 is 0. The van der Waals surface area contributed by atoms with E-state index in [0.29, 0.717) is 32.4 Å². The Labute approximate surface area is 177 Å². The third kappa shape index (κ3) is 4.52. The van der Waals surface area contributed by atoms with Crippen molar-refractivity contribution in [3.8, 4) is 0 Å². The molecule has 3 N–H and O–H groups in total. The Kier molecular flexibility index (Phi) is 6.11. The van der Waals surface area contributed by atoms with Crippen LogP contribution in [0.5, 0.6) is 0 Å². The fourth-order valence-electron chi connectivity index (χ4n) is 4.29. The van der Waals surface area contributed by atoms with Crippen molar-refractivity contribution >= 4 is 17.5 Å². The molecule has 2 fully saturated rings. The number of likely N-dealkylation sites (tertiary alicyclic amines) is 1. The lowest BCUT2D eigenvalue weighted by Crippen LogP contribution is -2.49. The van der Waals surface area contributed by atoms with E-state index in [1.54, 1.807) is 6.20 Å². The average Bonchev–Trinajstić information content (AvgIpc) is 3.26. The maximum atomic E-state index is 12.9. The lowest BCUT2D eigenvalue weighted by Gasteiger charge is -2.33. The molecule has 2 aliphatic rings. The first-order valence-electron chi connectivity index (χ1n) is 10.6. The van der Waals surface area contributed by atoms with E-state index < -0.39 is 0 Å². The van der Waals surface area contributed by atoms with Gasteiger partial charge < -0.3 is 10.2 Å². The van der Waals surface area contributed by atoms with Gasteiger partial charge in [0, 0.05) is 43.1 Å². The number of piperidine rings is 1. The van der Waals surface area contributed by atoms with Crippen LogP contribution in [0.2, 0.25) is 0 Å². The molecular weight excluding hydrogens is 378 g/mol. The van der Waals surface area contributed by atoms with Crippen LogP contribution < -0.4 is 16.2 Å². The van der Waals surface area contributed by atoms with Crippen LogP contribution in [0.4, 0.5) is 5.69 Å². The van der Waals surface area contributed by atoms with Crippen LogP contribution >= 0.6 is 0 Å². The molecule has 0 bridgehead atoms. The number of aromatic nitrogens is 1. The van der Waals surface area contributed by atoms with Gasteiger partial charge in [0.15, 0.2) is 0 Å². The van der Waals surface area contributed by atoms with Gasteiger partial charge in [-0.3, -0.25) is 14.6 Å². The summed E-state index contributed by atoms with van der Waals surface area (Å²) < 4.78 is 0. The SMILES string of the molecule is Cc1ccc(NC(=O)C2CCN(C(=O)C3CC(c4cccnc4)NN3)CC2)c(C)c1. The topological polar surface area (TPSA) is 86.4 Å². The number of hydrogen-bond donors (Lipinski definition) is 3. The maximum Gasteiger partial charge on any atom is 0.241 e. The van der Waals surface area contributed by atoms with Crippen molar-refractivity contribution in [1.82, 2.24) is 20.7 Å². The van der Waals surface area contributed by atoms with Crippen LogP contribution in [0, 0.1) is 19.8 Å². The number of aryl methyl sites for hydroxylation is 2. The Bertz CT molecular complexity index is 909. The Balaban J connectivity index is 1.28. The number of amides is 2. The minimum Gasteiger partial charge on any atom is -0.341 e. The maximum absolute atomic E-state index is 12.9. The van der Waals surface area contributed by atoms with Crippen LogP contribution in [0.15, 0.2) is 42.7 Å². The van der Waals surface area contributed by atoms with Crippen molar-refractivity contribution < 1.29 is 9.59 Å². The van der Waals surface area contributed by atoms with Gasteiger partial charge in [0.05, 0.1) is 0 Å². The summed E-state index contributed by atoms with van der Waals surface area (Å²) in [6.07, 6.45) is 5.64. The van der Waals surface area contributed by atoms with Crippen LogP contribution in [0.3, 0.4) is 0 Å². The Hall–Kier alpha value is -2.77. The highest BCUT2D eigenvalue weighted by Crippen LogP contribution is 2.25. The molecule has 2 aromatic rings. The average molecular weight is 408 g/mol. The van der Waals surface area contributed by atoms with Gasteiger partial charge in [0.1, 0.15) is 6.04 Å². The number of carbonyl (C=O) groups excluding carboxylic acids is 2. The number of anilines is 1. The number of rotatable bonds is 4. The highest BCUT2D eigenvalue weighted by atomic mass is 16.2. The smallest absolute Gasteiger partial charge is 0.241 e. The van der Waals surface area contributed by atoms with Crippen molar-refractivity contribution in [2.45, 2.75) is 45.2 Å². The number of nitrogens with one attached hydrogen (secondary N) is 3. The van der Waals surface area contributed by atoms with E-state index in [4.69, 9.17) is 0 Å². The van der Waals surface area contributed by atoms with Gasteiger partial charge in [0.25, 0.3) is 0 Å². The first kappa shape index (κ1) is 20.5. The molecule has 2 saturated heterocycles. The molecule has 2 unspecified atom stereocenters. The lowest BCUT2D eigenvalue weighted by atomic mass is 9.94. The molecule has 30 heavy (non-hydrogen) atoms. The highest BCUT2D eigenvalue weighted by molar-refractivity contribution is 5.93. The number of hydrogen-bond acceptors (Lipinski definition) is 5. The quantitative estimate of drug-likeness (QED) is 0.725. The van der Waals surface area contributed by atoms with Gasteiger partial charge in [-0.2, -0.15) is 0 Å². The zero-order valence-electron chi connectivity index (χ0n) is 17.5. The molecule has 2 amide bonds. The molecule has 7 heteroatoms. The molecule has 2 aliphatic heterocycles. The van der Waals surface area contributed by atoms with E-state index in [2.05, 4.69) is 27.2 Å². The van der Waals surface area contributed by atoms with Crippen LogP contribution in [0.1, 0.15) is 42.0 Å². The van der Waals surface area contributed by atoms with E-state index >= 15 is 0 Å². The predicted molar refractivity (Wildman–Crippen MR) is 116 cm³/mol. The molecule has 3 heterocycles. The van der Waals surface area contributed by atoms with Crippen molar-refractivity contribution in [2.24, 2.45) is 5.92 Å². The standard InChI is InChI=1S/C23H29N5O2/c1-15-5-6-19(16(2)12-15)25-22(29)17-7-10-28(11-8-17)23(30)21-13-20(26-27-21)18-4-3-9-24-14-18/h3-6,9,12,14,17,20-21,26-27H,7-8,10-11,13H2,1-2H3,(H,25,29). The number of pyridine rings is 1. The van der Waals surface area contributed by atoms with Crippen molar-refractivity contribution in [2.75, 3.05) is 18.4 Å². The Morgan fingerprint density at radius 2 is 1.93 bits per heavy atom. The molecule has 158 valence electrons. The largest absolute Gasteiger partial charge is 0.341 e. The summed E-state index contributed by atoms with van der Waals surface area (Å²) in [4.78, 5) is 31.7. The second-order valence-corrected chi connectivity index (χ2v) is 8.32. The van der Waals surface area contributed by atoms with Gasteiger partial charge in [-0.1, -0.05) is 23.8 Å². The molecule has 2 atom stereocenters. The normalized spacial score (nSPS) is 22.1. The third-order valence-electron chi connectivity index (χ3n) is 6.11. The monoisotopic (exact) mass is 407 g/mol. The number of nitrogens with zero attached hydrogens (tertiary/aromatic N) is 2. The lowest BCUT2D eigenvalue weighted by molar-refractivity contribution is -0.136. The first-order valence-corrected chi connectivity index (χ1v) is 10.6. The summed E-state index contributed by atoms with van der Waals surface area (Å²) in [5, 5.41) is 3.06. The summed E-state index contributed by atoms with van der Waals surface area (Å²) in [5.74, 6) is 0.0843. The van der Waals surface area contributed by atoms with Crippen LogP contribution in [0.25, 0.3) is 0 Å². The van der Waals surface area contributed by atoms with Gasteiger partial charge >= 0.3 is 0 Å². The number of carbonyl (C=O) groups is 2. The summed E-state index contributed by atoms with van der Waals surface area (Å²) in [5.41, 5.74) is 10.5. The van der Waals surface area contributed by atoms with E-state index in [1.165, 1.54) is 5.56 Å². The minimum atomic E-state index is -0.254. The molecule has 0 aliphatic carbocycles. The van der Waals surface area contributed by atoms with Gasteiger partial charge in [-0.15, -0.1) is 0 Å². The van der Waals surface area contributed by atoms with Crippen molar-refractivity contribution in [1.29, 1.82) is 0 Å². The summed E-state index contributed by atoms with van der Waals surface area (Å²) in [6, 6.07) is 9.77. The molecule has 0 saturated carbocycles. The Morgan fingerprint density at radius 1 is 1.13 bits per heavy atom. The van der Waals surface area contributed by atoms with Gasteiger partial charge in [0.2, 0.25) is 11.8 Å². The predicted octanol–water partition coefficient (Wildman–Crippen LogP) is 2.48. The highest BCUT2D eigenvalue weighted by Gasteiger charge is 2.35. The second kappa shape index (κ2) is 8.93. The van der Waals surface area contributed by atoms with Crippen LogP contribution in [-0.2, 0) is 9.59 Å². The summed E-state index contributed by atoms with van der Waals surface area (Å²) in [6.45, 7) is 5.27. The molecule has 1 aromatic carbocycles. The number of benzene rings is 1. The summed E-state index contributed by atoms with van der Waals surface area (Å²) in [7, 11) is 0. The minimum absolute atomic E-state index is 0.0475. The Morgan fingerprint density at radius 3 is 2.63 bits per heavy atom. The molecule has 0 spiro atoms. The third-order valence-corrected chi connectivity index (χ3v) is 6.11. The van der Waals surface area contributed by atoms with Gasteiger partial charge in [-0.05, 0) is 56.4 Å². The molecule has 1 aromatic heterocycles. The zero-order chi connectivity index (χ0) is 21.1. The van der Waals surface area contributed by atoms with E-state index in [0.717, 1.165) is 16.8 Å². The number of hydrazine groups is 1. The van der Waals surface area contributed by atoms with Crippen molar-refractivity contribution in [3.63, 3.8) is 0 Å². The molecular formula is C23H29N5O2. The van der Waals surface area contributed by atoms with Crippen molar-refractivity contribution in [3.05, 3.63) is 59.4 Å². The zero-order valence-corrected chi connectivity index (χ0v) is 17.5. The molecule has 0 radical (unpaired) electrons. The fraction of sp³-hybridized carbons (Fsp3) is 0.435. The van der Waals surface area contributed by atoms with Crippen LogP contribution in [-0.4, -0.2) is 40.8 Å². The van der Waals surface area contributed by atoms with E-state index in [9.17, 15) is 9.59 Å². The second-order valence-electron chi connectivity index (χ2n) is 8.32.